The van der Waals surface area contributed by atoms with E-state index in [0.717, 1.165) is 5.56 Å². The van der Waals surface area contributed by atoms with Gasteiger partial charge in [-0.1, -0.05) is 12.1 Å². The van der Waals surface area contributed by atoms with Crippen molar-refractivity contribution < 1.29 is 19.4 Å². The van der Waals surface area contributed by atoms with Crippen LogP contribution >= 0.6 is 0 Å². The summed E-state index contributed by atoms with van der Waals surface area (Å²) in [4.78, 5) is 25.0. The number of ether oxygens (including phenoxy) is 1. The van der Waals surface area contributed by atoms with E-state index in [2.05, 4.69) is 0 Å². The molecule has 2 unspecified atom stereocenters. The highest BCUT2D eigenvalue weighted by atomic mass is 16.5. The van der Waals surface area contributed by atoms with E-state index < -0.39 is 11.9 Å². The van der Waals surface area contributed by atoms with Crippen LogP contribution in [0.4, 0.5) is 0 Å². The van der Waals surface area contributed by atoms with E-state index in [-0.39, 0.29) is 11.8 Å². The third-order valence-corrected chi connectivity index (χ3v) is 3.81. The molecule has 1 aromatic carbocycles. The van der Waals surface area contributed by atoms with Crippen molar-refractivity contribution in [3.8, 4) is 5.75 Å². The molecule has 0 saturated carbocycles. The molecule has 2 rings (SSSR count). The fourth-order valence-corrected chi connectivity index (χ4v) is 2.49. The Morgan fingerprint density at radius 2 is 2.20 bits per heavy atom. The summed E-state index contributed by atoms with van der Waals surface area (Å²) in [6, 6.07) is 7.40. The van der Waals surface area contributed by atoms with Gasteiger partial charge in [-0.15, -0.1) is 0 Å². The Bertz CT molecular complexity index is 514. The summed E-state index contributed by atoms with van der Waals surface area (Å²) in [5.74, 6) is -0.863. The molecule has 1 fully saturated rings. The van der Waals surface area contributed by atoms with Crippen LogP contribution in [0.25, 0.3) is 0 Å². The van der Waals surface area contributed by atoms with Crippen LogP contribution in [0.3, 0.4) is 0 Å². The van der Waals surface area contributed by atoms with Gasteiger partial charge in [-0.2, -0.15) is 0 Å². The second kappa shape index (κ2) is 5.94. The molecule has 5 nitrogen and oxygen atoms in total. The molecule has 108 valence electrons. The molecule has 5 heteroatoms. The molecule has 1 N–H and O–H groups in total. The van der Waals surface area contributed by atoms with Gasteiger partial charge in [-0.05, 0) is 31.0 Å². The van der Waals surface area contributed by atoms with Crippen molar-refractivity contribution in [1.82, 2.24) is 4.90 Å². The Kier molecular flexibility index (Phi) is 4.27. The van der Waals surface area contributed by atoms with Crippen molar-refractivity contribution >= 4 is 11.9 Å². The number of rotatable bonds is 4. The molecule has 1 saturated heterocycles. The second-order valence-electron chi connectivity index (χ2n) is 5.11. The van der Waals surface area contributed by atoms with Gasteiger partial charge in [-0.25, -0.2) is 0 Å². The molecule has 0 aliphatic carbocycles. The highest BCUT2D eigenvalue weighted by molar-refractivity contribution is 5.84. The molecule has 1 aromatic rings. The Labute approximate surface area is 118 Å². The van der Waals surface area contributed by atoms with Gasteiger partial charge >= 0.3 is 5.97 Å². The van der Waals surface area contributed by atoms with Gasteiger partial charge in [0.1, 0.15) is 5.75 Å². The maximum absolute atomic E-state index is 12.4. The molecule has 0 bridgehead atoms. The number of likely N-dealkylation sites (tertiary alicyclic amines) is 1. The number of amides is 1. The summed E-state index contributed by atoms with van der Waals surface area (Å²) < 4.78 is 5.16. The molecule has 1 amide bonds. The third-order valence-electron chi connectivity index (χ3n) is 3.81. The first-order valence-corrected chi connectivity index (χ1v) is 6.68. The average molecular weight is 277 g/mol. The van der Waals surface area contributed by atoms with Crippen molar-refractivity contribution in [2.45, 2.75) is 19.3 Å². The standard InChI is InChI=1S/C15H19NO4/c1-10(11-4-3-5-13(8-11)20-2)14(17)16-7-6-12(9-16)15(18)19/h3-5,8,10,12H,6-7,9H2,1-2H3,(H,18,19). The van der Waals surface area contributed by atoms with Gasteiger partial charge in [0.15, 0.2) is 0 Å². The lowest BCUT2D eigenvalue weighted by Gasteiger charge is -2.21. The fourth-order valence-electron chi connectivity index (χ4n) is 2.49. The van der Waals surface area contributed by atoms with Gasteiger partial charge in [-0.3, -0.25) is 9.59 Å². The predicted octanol–water partition coefficient (Wildman–Crippen LogP) is 1.73. The maximum atomic E-state index is 12.4. The smallest absolute Gasteiger partial charge is 0.308 e. The zero-order valence-electron chi connectivity index (χ0n) is 11.7. The van der Waals surface area contributed by atoms with Gasteiger partial charge in [0.05, 0.1) is 18.9 Å². The van der Waals surface area contributed by atoms with Gasteiger partial charge in [0.2, 0.25) is 5.91 Å². The van der Waals surface area contributed by atoms with Crippen molar-refractivity contribution in [2.75, 3.05) is 20.2 Å². The number of carbonyl (C=O) groups excluding carboxylic acids is 1. The van der Waals surface area contributed by atoms with Crippen LogP contribution in [-0.2, 0) is 9.59 Å². The lowest BCUT2D eigenvalue weighted by Crippen LogP contribution is -2.33. The maximum Gasteiger partial charge on any atom is 0.308 e. The van der Waals surface area contributed by atoms with Gasteiger partial charge < -0.3 is 14.7 Å². The molecule has 0 aromatic heterocycles. The summed E-state index contributed by atoms with van der Waals surface area (Å²) in [5.41, 5.74) is 0.883. The van der Waals surface area contributed by atoms with E-state index in [0.29, 0.717) is 25.3 Å². The van der Waals surface area contributed by atoms with E-state index >= 15 is 0 Å². The molecule has 1 aliphatic heterocycles. The van der Waals surface area contributed by atoms with Crippen molar-refractivity contribution in [1.29, 1.82) is 0 Å². The van der Waals surface area contributed by atoms with Crippen molar-refractivity contribution in [3.63, 3.8) is 0 Å². The third kappa shape index (κ3) is 2.92. The molecular formula is C15H19NO4. The molecule has 0 spiro atoms. The summed E-state index contributed by atoms with van der Waals surface area (Å²) in [5, 5.41) is 8.98. The minimum Gasteiger partial charge on any atom is -0.497 e. The summed E-state index contributed by atoms with van der Waals surface area (Å²) >= 11 is 0. The number of benzene rings is 1. The number of carboxylic acid groups (broad SMARTS) is 1. The first kappa shape index (κ1) is 14.4. The van der Waals surface area contributed by atoms with E-state index in [9.17, 15) is 9.59 Å². The molecule has 20 heavy (non-hydrogen) atoms. The highest BCUT2D eigenvalue weighted by Crippen LogP contribution is 2.25. The Balaban J connectivity index is 2.07. The fraction of sp³-hybridized carbons (Fsp3) is 0.467. The van der Waals surface area contributed by atoms with Crippen molar-refractivity contribution in [3.05, 3.63) is 29.8 Å². The first-order chi connectivity index (χ1) is 9.52. The van der Waals surface area contributed by atoms with Crippen LogP contribution in [0.15, 0.2) is 24.3 Å². The Morgan fingerprint density at radius 1 is 1.45 bits per heavy atom. The Morgan fingerprint density at radius 3 is 2.80 bits per heavy atom. The van der Waals surface area contributed by atoms with Crippen LogP contribution in [0.1, 0.15) is 24.8 Å². The predicted molar refractivity (Wildman–Crippen MR) is 73.7 cm³/mol. The number of carboxylic acids is 1. The summed E-state index contributed by atoms with van der Waals surface area (Å²) in [6.45, 7) is 2.66. The zero-order valence-corrected chi connectivity index (χ0v) is 11.7. The number of methoxy groups -OCH3 is 1. The SMILES string of the molecule is COc1cccc(C(C)C(=O)N2CCC(C(=O)O)C2)c1. The minimum absolute atomic E-state index is 0.0259. The van der Waals surface area contributed by atoms with Crippen LogP contribution < -0.4 is 4.74 Å². The average Bonchev–Trinajstić information content (AvgIpc) is 2.95. The molecule has 2 atom stereocenters. The topological polar surface area (TPSA) is 66.8 Å². The van der Waals surface area contributed by atoms with Crippen LogP contribution in [0.2, 0.25) is 0 Å². The normalized spacial score (nSPS) is 19.7. The van der Waals surface area contributed by atoms with E-state index in [4.69, 9.17) is 9.84 Å². The van der Waals surface area contributed by atoms with E-state index in [1.165, 1.54) is 0 Å². The summed E-state index contributed by atoms with van der Waals surface area (Å²) in [7, 11) is 1.59. The second-order valence-corrected chi connectivity index (χ2v) is 5.11. The van der Waals surface area contributed by atoms with E-state index in [1.54, 1.807) is 12.0 Å². The van der Waals surface area contributed by atoms with Crippen molar-refractivity contribution in [2.24, 2.45) is 5.92 Å². The quantitative estimate of drug-likeness (QED) is 0.910. The first-order valence-electron chi connectivity index (χ1n) is 6.68. The number of nitrogens with zero attached hydrogens (tertiary/aromatic N) is 1. The van der Waals surface area contributed by atoms with Crippen LogP contribution in [-0.4, -0.2) is 42.1 Å². The molecule has 1 heterocycles. The minimum atomic E-state index is -0.825. The number of hydrogen-bond acceptors (Lipinski definition) is 3. The van der Waals surface area contributed by atoms with Gasteiger partial charge in [0.25, 0.3) is 0 Å². The highest BCUT2D eigenvalue weighted by Gasteiger charge is 2.33. The Hall–Kier alpha value is -2.04. The lowest BCUT2D eigenvalue weighted by molar-refractivity contribution is -0.141. The van der Waals surface area contributed by atoms with Gasteiger partial charge in [0, 0.05) is 13.1 Å². The summed E-state index contributed by atoms with van der Waals surface area (Å²) in [6.07, 6.45) is 0.534. The van der Waals surface area contributed by atoms with Crippen LogP contribution in [0, 0.1) is 5.92 Å². The van der Waals surface area contributed by atoms with E-state index in [1.807, 2.05) is 31.2 Å². The number of aliphatic carboxylic acids is 1. The zero-order chi connectivity index (χ0) is 14.7. The lowest BCUT2D eigenvalue weighted by atomic mass is 9.99. The molecule has 1 aliphatic rings. The number of carbonyl (C=O) groups is 2. The largest absolute Gasteiger partial charge is 0.497 e. The monoisotopic (exact) mass is 277 g/mol. The number of hydrogen-bond donors (Lipinski definition) is 1. The molecule has 0 radical (unpaired) electrons. The molecular weight excluding hydrogens is 258 g/mol. The van der Waals surface area contributed by atoms with Crippen LogP contribution in [0.5, 0.6) is 5.75 Å².